The van der Waals surface area contributed by atoms with Crippen molar-refractivity contribution in [2.45, 2.75) is 104 Å². The van der Waals surface area contributed by atoms with Crippen LogP contribution in [0.15, 0.2) is 23.8 Å². The first-order chi connectivity index (χ1) is 12.9. The average Bonchev–Trinajstić information content (AvgIpc) is 2.52. The van der Waals surface area contributed by atoms with Gasteiger partial charge in [-0.3, -0.25) is 0 Å². The molecule has 156 valence electrons. The van der Waals surface area contributed by atoms with E-state index in [0.717, 1.165) is 24.3 Å². The highest BCUT2D eigenvalue weighted by Gasteiger charge is 2.47. The summed E-state index contributed by atoms with van der Waals surface area (Å²) in [6.45, 7) is 20.7. The minimum atomic E-state index is -1.94. The van der Waals surface area contributed by atoms with Crippen molar-refractivity contribution in [3.05, 3.63) is 34.9 Å². The molecule has 0 saturated carbocycles. The SMILES string of the molecule is CCCc1cc2c(c(O[Si](C)(C)C(C)(C)C)c1)C1C=C(C)CC[C@@H]1C(C)(C)O2. The first-order valence-corrected chi connectivity index (χ1v) is 14.0. The van der Waals surface area contributed by atoms with Crippen LogP contribution in [0.4, 0.5) is 0 Å². The smallest absolute Gasteiger partial charge is 0.250 e. The Kier molecular flexibility index (Phi) is 5.55. The maximum atomic E-state index is 6.93. The van der Waals surface area contributed by atoms with Crippen LogP contribution in [-0.4, -0.2) is 13.9 Å². The van der Waals surface area contributed by atoms with E-state index < -0.39 is 8.32 Å². The normalized spacial score (nSPS) is 24.0. The van der Waals surface area contributed by atoms with Gasteiger partial charge < -0.3 is 9.16 Å². The molecule has 0 bridgehead atoms. The summed E-state index contributed by atoms with van der Waals surface area (Å²) in [6, 6.07) is 4.60. The summed E-state index contributed by atoms with van der Waals surface area (Å²) in [5.74, 6) is 3.03. The highest BCUT2D eigenvalue weighted by atomic mass is 28.4. The maximum absolute atomic E-state index is 6.93. The predicted molar refractivity (Wildman–Crippen MR) is 122 cm³/mol. The number of ether oxygens (including phenoxy) is 1. The van der Waals surface area contributed by atoms with Crippen molar-refractivity contribution in [1.82, 2.24) is 0 Å². The first-order valence-electron chi connectivity index (χ1n) is 11.1. The molecule has 0 fully saturated rings. The van der Waals surface area contributed by atoms with E-state index in [0.29, 0.717) is 11.8 Å². The lowest BCUT2D eigenvalue weighted by Gasteiger charge is -2.47. The molecule has 0 N–H and O–H groups in total. The molecule has 1 aliphatic carbocycles. The largest absolute Gasteiger partial charge is 0.543 e. The van der Waals surface area contributed by atoms with Gasteiger partial charge in [-0.2, -0.15) is 0 Å². The van der Waals surface area contributed by atoms with Gasteiger partial charge in [0.2, 0.25) is 8.32 Å². The molecule has 0 aromatic heterocycles. The van der Waals surface area contributed by atoms with Crippen LogP contribution >= 0.6 is 0 Å². The maximum Gasteiger partial charge on any atom is 0.250 e. The number of hydrogen-bond donors (Lipinski definition) is 0. The highest BCUT2D eigenvalue weighted by Crippen LogP contribution is 2.54. The number of aryl methyl sites for hydroxylation is 1. The minimum Gasteiger partial charge on any atom is -0.543 e. The van der Waals surface area contributed by atoms with Gasteiger partial charge in [0.05, 0.1) is 0 Å². The zero-order chi connectivity index (χ0) is 20.9. The molecule has 1 aromatic rings. The first kappa shape index (κ1) is 21.5. The molecule has 0 saturated heterocycles. The van der Waals surface area contributed by atoms with Gasteiger partial charge in [-0.25, -0.2) is 0 Å². The Morgan fingerprint density at radius 3 is 2.50 bits per heavy atom. The van der Waals surface area contributed by atoms with Gasteiger partial charge in [-0.15, -0.1) is 0 Å². The molecule has 2 nitrogen and oxygen atoms in total. The fourth-order valence-electron chi connectivity index (χ4n) is 4.51. The van der Waals surface area contributed by atoms with Crippen LogP contribution in [0.25, 0.3) is 0 Å². The number of rotatable bonds is 4. The van der Waals surface area contributed by atoms with Gasteiger partial charge in [0, 0.05) is 17.4 Å². The second kappa shape index (κ2) is 7.23. The Hall–Kier alpha value is -1.22. The van der Waals surface area contributed by atoms with Gasteiger partial charge in [0.25, 0.3) is 0 Å². The number of benzene rings is 1. The second-order valence-electron chi connectivity index (χ2n) is 11.0. The van der Waals surface area contributed by atoms with E-state index in [1.165, 1.54) is 29.5 Å². The molecule has 3 heteroatoms. The van der Waals surface area contributed by atoms with Crippen molar-refractivity contribution in [2.75, 3.05) is 0 Å². The quantitative estimate of drug-likeness (QED) is 0.382. The van der Waals surface area contributed by atoms with Crippen molar-refractivity contribution in [3.8, 4) is 11.5 Å². The second-order valence-corrected chi connectivity index (χ2v) is 15.7. The fraction of sp³-hybridized carbons (Fsp3) is 0.680. The highest BCUT2D eigenvalue weighted by molar-refractivity contribution is 6.74. The summed E-state index contributed by atoms with van der Waals surface area (Å²) in [7, 11) is -1.94. The molecule has 0 spiro atoms. The Bertz CT molecular complexity index is 767. The lowest BCUT2D eigenvalue weighted by atomic mass is 9.68. The van der Waals surface area contributed by atoms with Crippen LogP contribution in [0.1, 0.15) is 84.8 Å². The van der Waals surface area contributed by atoms with Crippen LogP contribution in [0, 0.1) is 5.92 Å². The molecule has 1 heterocycles. The standard InChI is InChI=1S/C25H40O2Si/c1-10-11-18-15-21-23(22(16-18)27-28(8,9)24(3,4)5)19-14-17(2)12-13-20(19)25(6,7)26-21/h14-16,19-20H,10-13H2,1-9H3/t19?,20-/m0/s1. The number of hydrogen-bond acceptors (Lipinski definition) is 2. The summed E-state index contributed by atoms with van der Waals surface area (Å²) in [4.78, 5) is 0. The molecule has 0 radical (unpaired) electrons. The van der Waals surface area contributed by atoms with E-state index >= 15 is 0 Å². The summed E-state index contributed by atoms with van der Waals surface area (Å²) in [6.07, 6.45) is 7.06. The fourth-order valence-corrected chi connectivity index (χ4v) is 5.53. The van der Waals surface area contributed by atoms with Gasteiger partial charge in [0.1, 0.15) is 17.1 Å². The van der Waals surface area contributed by atoms with E-state index in [1.54, 1.807) is 0 Å². The Morgan fingerprint density at radius 1 is 1.21 bits per heavy atom. The molecule has 0 amide bonds. The van der Waals surface area contributed by atoms with E-state index in [-0.39, 0.29) is 10.6 Å². The molecule has 28 heavy (non-hydrogen) atoms. The summed E-state index contributed by atoms with van der Waals surface area (Å²) < 4.78 is 13.6. The predicted octanol–water partition coefficient (Wildman–Crippen LogP) is 7.63. The van der Waals surface area contributed by atoms with E-state index in [2.05, 4.69) is 79.8 Å². The molecular weight excluding hydrogens is 360 g/mol. The lowest BCUT2D eigenvalue weighted by molar-refractivity contribution is 0.0110. The Labute approximate surface area is 173 Å². The average molecular weight is 401 g/mol. The summed E-state index contributed by atoms with van der Waals surface area (Å²) >= 11 is 0. The number of fused-ring (bicyclic) bond motifs is 3. The van der Waals surface area contributed by atoms with Gasteiger partial charge in [0.15, 0.2) is 0 Å². The van der Waals surface area contributed by atoms with Gasteiger partial charge in [-0.1, -0.05) is 45.8 Å². The van der Waals surface area contributed by atoms with Crippen molar-refractivity contribution < 1.29 is 9.16 Å². The van der Waals surface area contributed by atoms with E-state index in [4.69, 9.17) is 9.16 Å². The van der Waals surface area contributed by atoms with Gasteiger partial charge >= 0.3 is 0 Å². The van der Waals surface area contributed by atoms with E-state index in [1.807, 2.05) is 0 Å². The third-order valence-electron chi connectivity index (χ3n) is 7.22. The van der Waals surface area contributed by atoms with Crippen LogP contribution in [0.5, 0.6) is 11.5 Å². The molecule has 1 aromatic carbocycles. The lowest BCUT2D eigenvalue weighted by Crippen LogP contribution is -2.47. The molecule has 2 aliphatic rings. The number of allylic oxidation sites excluding steroid dienone is 2. The minimum absolute atomic E-state index is 0.145. The summed E-state index contributed by atoms with van der Waals surface area (Å²) in [5.41, 5.74) is 3.99. The van der Waals surface area contributed by atoms with Crippen molar-refractivity contribution in [2.24, 2.45) is 5.92 Å². The van der Waals surface area contributed by atoms with Crippen LogP contribution in [-0.2, 0) is 6.42 Å². The molecular formula is C25H40O2Si. The molecule has 2 atom stereocenters. The zero-order valence-electron chi connectivity index (χ0n) is 19.5. The molecule has 3 rings (SSSR count). The van der Waals surface area contributed by atoms with Gasteiger partial charge in [-0.05, 0) is 75.9 Å². The van der Waals surface area contributed by atoms with E-state index in [9.17, 15) is 0 Å². The summed E-state index contributed by atoms with van der Waals surface area (Å²) in [5, 5.41) is 0.174. The van der Waals surface area contributed by atoms with Crippen LogP contribution in [0.2, 0.25) is 18.1 Å². The monoisotopic (exact) mass is 400 g/mol. The van der Waals surface area contributed by atoms with Crippen LogP contribution in [0.3, 0.4) is 0 Å². The Balaban J connectivity index is 2.18. The third kappa shape index (κ3) is 3.92. The van der Waals surface area contributed by atoms with Crippen molar-refractivity contribution in [3.63, 3.8) is 0 Å². The van der Waals surface area contributed by atoms with Crippen molar-refractivity contribution in [1.29, 1.82) is 0 Å². The van der Waals surface area contributed by atoms with Crippen molar-refractivity contribution >= 4 is 8.32 Å². The third-order valence-corrected chi connectivity index (χ3v) is 11.6. The molecule has 1 unspecified atom stereocenters. The zero-order valence-corrected chi connectivity index (χ0v) is 20.5. The Morgan fingerprint density at radius 2 is 1.89 bits per heavy atom. The topological polar surface area (TPSA) is 18.5 Å². The molecule has 1 aliphatic heterocycles. The van der Waals surface area contributed by atoms with Crippen LogP contribution < -0.4 is 9.16 Å².